The van der Waals surface area contributed by atoms with Gasteiger partial charge in [0.05, 0.1) is 6.26 Å². The van der Waals surface area contributed by atoms with E-state index in [0.29, 0.717) is 12.3 Å². The Morgan fingerprint density at radius 2 is 1.86 bits per heavy atom. The first-order valence-electron chi connectivity index (χ1n) is 9.85. The molecule has 0 unspecified atom stereocenters. The van der Waals surface area contributed by atoms with Gasteiger partial charge in [-0.15, -0.1) is 24.0 Å². The molecule has 3 N–H and O–H groups in total. The molecule has 0 radical (unpaired) electrons. The van der Waals surface area contributed by atoms with E-state index >= 15 is 0 Å². The fraction of sp³-hybridized carbons (Fsp3) is 0.429. The van der Waals surface area contributed by atoms with Gasteiger partial charge in [-0.05, 0) is 55.8 Å². The van der Waals surface area contributed by atoms with E-state index in [1.807, 2.05) is 24.3 Å². The highest BCUT2D eigenvalue weighted by Gasteiger charge is 2.10. The van der Waals surface area contributed by atoms with Crippen molar-refractivity contribution in [3.05, 3.63) is 54.0 Å². The van der Waals surface area contributed by atoms with Crippen molar-refractivity contribution in [3.8, 4) is 0 Å². The molecule has 0 spiro atoms. The van der Waals surface area contributed by atoms with E-state index in [1.165, 1.54) is 38.6 Å². The lowest BCUT2D eigenvalue weighted by Crippen LogP contribution is -2.42. The van der Waals surface area contributed by atoms with Gasteiger partial charge in [0.15, 0.2) is 11.7 Å². The Bertz CT molecular complexity index is 756. The van der Waals surface area contributed by atoms with Gasteiger partial charge >= 0.3 is 0 Å². The van der Waals surface area contributed by atoms with Crippen LogP contribution in [0.25, 0.3) is 0 Å². The Morgan fingerprint density at radius 1 is 1.10 bits per heavy atom. The monoisotopic (exact) mass is 511 g/mol. The summed E-state index contributed by atoms with van der Waals surface area (Å²) in [6, 6.07) is 11.0. The van der Waals surface area contributed by atoms with Gasteiger partial charge in [-0.3, -0.25) is 9.79 Å². The van der Waals surface area contributed by atoms with Crippen LogP contribution in [0.15, 0.2) is 52.1 Å². The van der Waals surface area contributed by atoms with Crippen LogP contribution in [-0.4, -0.2) is 50.0 Å². The van der Waals surface area contributed by atoms with Crippen molar-refractivity contribution in [2.75, 3.05) is 38.5 Å². The maximum absolute atomic E-state index is 12.0. The summed E-state index contributed by atoms with van der Waals surface area (Å²) in [5, 5.41) is 9.51. The average Bonchev–Trinajstić information content (AvgIpc) is 3.27. The van der Waals surface area contributed by atoms with Crippen LogP contribution in [0.3, 0.4) is 0 Å². The topological polar surface area (TPSA) is 81.9 Å². The van der Waals surface area contributed by atoms with Crippen LogP contribution in [0.2, 0.25) is 0 Å². The van der Waals surface area contributed by atoms with Crippen molar-refractivity contribution < 1.29 is 9.21 Å². The number of hydrogen-bond acceptors (Lipinski definition) is 4. The van der Waals surface area contributed by atoms with Crippen molar-refractivity contribution in [1.29, 1.82) is 0 Å². The van der Waals surface area contributed by atoms with Gasteiger partial charge in [0, 0.05) is 32.4 Å². The number of amides is 1. The second kappa shape index (κ2) is 12.5. The van der Waals surface area contributed by atoms with Crippen molar-refractivity contribution in [2.45, 2.75) is 25.8 Å². The molecule has 158 valence electrons. The first kappa shape index (κ1) is 23.2. The maximum Gasteiger partial charge on any atom is 0.291 e. The average molecular weight is 511 g/mol. The molecule has 2 aromatic rings. The summed E-state index contributed by atoms with van der Waals surface area (Å²) in [5.41, 5.74) is 1.84. The van der Waals surface area contributed by atoms with Crippen LogP contribution in [-0.2, 0) is 6.54 Å². The predicted octanol–water partition coefficient (Wildman–Crippen LogP) is 3.30. The number of carbonyl (C=O) groups is 1. The highest BCUT2D eigenvalue weighted by molar-refractivity contribution is 14.0. The molecule has 7 nitrogen and oxygen atoms in total. The number of furan rings is 1. The van der Waals surface area contributed by atoms with Crippen molar-refractivity contribution in [1.82, 2.24) is 15.5 Å². The van der Waals surface area contributed by atoms with E-state index in [2.05, 4.69) is 25.8 Å². The number of carbonyl (C=O) groups excluding carboxylic acids is 1. The second-order valence-electron chi connectivity index (χ2n) is 6.88. The van der Waals surface area contributed by atoms with Crippen molar-refractivity contribution in [2.24, 2.45) is 4.99 Å². The lowest BCUT2D eigenvalue weighted by molar-refractivity contribution is 0.0996. The van der Waals surface area contributed by atoms with Crippen LogP contribution in [0.1, 0.15) is 35.4 Å². The summed E-state index contributed by atoms with van der Waals surface area (Å²) in [7, 11) is 1.78. The summed E-state index contributed by atoms with van der Waals surface area (Å²) in [6.07, 6.45) is 5.46. The molecule has 1 fully saturated rings. The van der Waals surface area contributed by atoms with Crippen LogP contribution in [0.4, 0.5) is 5.69 Å². The lowest BCUT2D eigenvalue weighted by atomic mass is 10.1. The Kier molecular flexibility index (Phi) is 9.99. The largest absolute Gasteiger partial charge is 0.459 e. The lowest BCUT2D eigenvalue weighted by Gasteiger charge is -2.26. The number of piperidine rings is 1. The van der Waals surface area contributed by atoms with E-state index in [9.17, 15) is 4.79 Å². The van der Waals surface area contributed by atoms with Gasteiger partial charge in [0.1, 0.15) is 0 Å². The van der Waals surface area contributed by atoms with Crippen molar-refractivity contribution in [3.63, 3.8) is 0 Å². The van der Waals surface area contributed by atoms with Crippen molar-refractivity contribution >= 4 is 41.5 Å². The minimum Gasteiger partial charge on any atom is -0.459 e. The third kappa shape index (κ3) is 7.69. The highest BCUT2D eigenvalue weighted by Crippen LogP contribution is 2.12. The first-order valence-corrected chi connectivity index (χ1v) is 9.85. The second-order valence-corrected chi connectivity index (χ2v) is 6.88. The smallest absolute Gasteiger partial charge is 0.291 e. The molecule has 1 aromatic heterocycles. The van der Waals surface area contributed by atoms with E-state index in [-0.39, 0.29) is 29.9 Å². The van der Waals surface area contributed by atoms with Gasteiger partial charge in [-0.2, -0.15) is 0 Å². The number of nitrogens with zero attached hydrogens (tertiary/aromatic N) is 2. The molecule has 1 aromatic carbocycles. The quantitative estimate of drug-likeness (QED) is 0.302. The molecule has 1 aliphatic rings. The molecule has 0 atom stereocenters. The van der Waals surface area contributed by atoms with E-state index < -0.39 is 0 Å². The number of nitrogens with one attached hydrogen (secondary N) is 3. The number of halogens is 1. The SMILES string of the molecule is CN=C(NCCN1CCCCC1)NCc1ccc(NC(=O)c2ccco2)cc1.I. The van der Waals surface area contributed by atoms with Gasteiger partial charge in [-0.1, -0.05) is 18.6 Å². The number of hydrogen-bond donors (Lipinski definition) is 3. The number of rotatable bonds is 7. The van der Waals surface area contributed by atoms with Crippen LogP contribution in [0, 0.1) is 0 Å². The minimum atomic E-state index is -0.255. The predicted molar refractivity (Wildman–Crippen MR) is 127 cm³/mol. The molecule has 1 aliphatic heterocycles. The van der Waals surface area contributed by atoms with E-state index in [4.69, 9.17) is 4.42 Å². The number of likely N-dealkylation sites (tertiary alicyclic amines) is 1. The molecule has 8 heteroatoms. The molecular formula is C21H30IN5O2. The summed E-state index contributed by atoms with van der Waals surface area (Å²) in [6.45, 7) is 5.00. The fourth-order valence-corrected chi connectivity index (χ4v) is 3.23. The van der Waals surface area contributed by atoms with Gasteiger partial charge in [-0.25, -0.2) is 0 Å². The Balaban J connectivity index is 0.00000300. The zero-order valence-electron chi connectivity index (χ0n) is 16.8. The highest BCUT2D eigenvalue weighted by atomic mass is 127. The zero-order chi connectivity index (χ0) is 19.6. The molecule has 0 saturated carbocycles. The zero-order valence-corrected chi connectivity index (χ0v) is 19.1. The number of anilines is 1. The first-order chi connectivity index (χ1) is 13.7. The molecule has 0 aliphatic carbocycles. The fourth-order valence-electron chi connectivity index (χ4n) is 3.23. The molecule has 1 saturated heterocycles. The third-order valence-corrected chi connectivity index (χ3v) is 4.81. The molecular weight excluding hydrogens is 481 g/mol. The van der Waals surface area contributed by atoms with Crippen LogP contribution in [0.5, 0.6) is 0 Å². The number of aliphatic imine (C=N–C) groups is 1. The molecule has 3 rings (SSSR count). The third-order valence-electron chi connectivity index (χ3n) is 4.81. The Morgan fingerprint density at radius 3 is 2.52 bits per heavy atom. The number of guanidine groups is 1. The molecule has 0 bridgehead atoms. The van der Waals surface area contributed by atoms with Gasteiger partial charge < -0.3 is 25.3 Å². The van der Waals surface area contributed by atoms with Gasteiger partial charge in [0.2, 0.25) is 0 Å². The standard InChI is InChI=1S/C21H29N5O2.HI/c1-22-21(23-11-14-26-12-3-2-4-13-26)24-16-17-7-9-18(10-8-17)25-20(27)19-6-5-15-28-19;/h5-10,15H,2-4,11-14,16H2,1H3,(H,25,27)(H2,22,23,24);1H. The van der Waals surface area contributed by atoms with Crippen LogP contribution < -0.4 is 16.0 Å². The van der Waals surface area contributed by atoms with E-state index in [1.54, 1.807) is 19.2 Å². The van der Waals surface area contributed by atoms with E-state index in [0.717, 1.165) is 30.3 Å². The molecule has 29 heavy (non-hydrogen) atoms. The summed E-state index contributed by atoms with van der Waals surface area (Å²) < 4.78 is 5.09. The molecule has 1 amide bonds. The maximum atomic E-state index is 12.0. The van der Waals surface area contributed by atoms with Gasteiger partial charge in [0.25, 0.3) is 5.91 Å². The van der Waals surface area contributed by atoms with Crippen LogP contribution >= 0.6 is 24.0 Å². The normalized spacial score (nSPS) is 14.7. The summed E-state index contributed by atoms with van der Waals surface area (Å²) in [4.78, 5) is 18.8. The molecule has 2 heterocycles. The summed E-state index contributed by atoms with van der Waals surface area (Å²) in [5.74, 6) is 0.839. The Labute approximate surface area is 189 Å². The minimum absolute atomic E-state index is 0. The summed E-state index contributed by atoms with van der Waals surface area (Å²) >= 11 is 0. The number of benzene rings is 1. The Hall–Kier alpha value is -2.07.